The van der Waals surface area contributed by atoms with E-state index in [9.17, 15) is 4.79 Å². The average molecular weight is 410 g/mol. The van der Waals surface area contributed by atoms with Crippen molar-refractivity contribution in [2.75, 3.05) is 13.1 Å². The molecule has 1 saturated heterocycles. The Morgan fingerprint density at radius 2 is 1.93 bits per heavy atom. The summed E-state index contributed by atoms with van der Waals surface area (Å²) in [5.74, 6) is 1.27. The minimum absolute atomic E-state index is 0.0553. The Kier molecular flexibility index (Phi) is 5.75. The molecule has 0 amide bonds. The van der Waals surface area contributed by atoms with Gasteiger partial charge in [0.2, 0.25) is 0 Å². The van der Waals surface area contributed by atoms with E-state index in [2.05, 4.69) is 18.7 Å². The van der Waals surface area contributed by atoms with Gasteiger partial charge in [-0.15, -0.1) is 0 Å². The lowest BCUT2D eigenvalue weighted by Gasteiger charge is -2.35. The van der Waals surface area contributed by atoms with Gasteiger partial charge in [0.05, 0.1) is 10.9 Å². The van der Waals surface area contributed by atoms with E-state index in [0.717, 1.165) is 48.5 Å². The van der Waals surface area contributed by atoms with Crippen LogP contribution in [-0.4, -0.2) is 33.6 Å². The van der Waals surface area contributed by atoms with Gasteiger partial charge < -0.3 is 4.90 Å². The summed E-state index contributed by atoms with van der Waals surface area (Å²) >= 11 is 6.05. The quantitative estimate of drug-likeness (QED) is 0.598. The molecule has 2 aromatic carbocycles. The summed E-state index contributed by atoms with van der Waals surface area (Å²) in [6.45, 7) is 9.36. The molecule has 1 aliphatic heterocycles. The number of aromatic nitrogens is 2. The Morgan fingerprint density at radius 3 is 2.66 bits per heavy atom. The van der Waals surface area contributed by atoms with Gasteiger partial charge in [0, 0.05) is 24.2 Å². The van der Waals surface area contributed by atoms with Crippen molar-refractivity contribution in [3.8, 4) is 11.1 Å². The highest BCUT2D eigenvalue weighted by molar-refractivity contribution is 6.30. The molecule has 0 saturated carbocycles. The number of fused-ring (bicyclic) bond motifs is 1. The van der Waals surface area contributed by atoms with Gasteiger partial charge in [-0.05, 0) is 75.4 Å². The van der Waals surface area contributed by atoms with Gasteiger partial charge in [-0.2, -0.15) is 0 Å². The molecule has 4 nitrogen and oxygen atoms in total. The van der Waals surface area contributed by atoms with Crippen LogP contribution in [-0.2, 0) is 6.54 Å². The molecule has 5 heteroatoms. The van der Waals surface area contributed by atoms with Crippen LogP contribution >= 0.6 is 11.6 Å². The summed E-state index contributed by atoms with van der Waals surface area (Å²) in [5, 5.41) is 1.38. The van der Waals surface area contributed by atoms with Crippen LogP contribution in [0, 0.1) is 12.8 Å². The Balaban J connectivity index is 1.76. The molecule has 2 heterocycles. The van der Waals surface area contributed by atoms with Gasteiger partial charge in [0.1, 0.15) is 5.82 Å². The smallest absolute Gasteiger partial charge is 0.262 e. The van der Waals surface area contributed by atoms with E-state index >= 15 is 0 Å². The van der Waals surface area contributed by atoms with Crippen LogP contribution in [0.25, 0.3) is 22.0 Å². The van der Waals surface area contributed by atoms with E-state index in [0.29, 0.717) is 22.4 Å². The molecule has 1 aliphatic rings. The van der Waals surface area contributed by atoms with Gasteiger partial charge in [0.15, 0.2) is 0 Å². The third-order valence-electron chi connectivity index (χ3n) is 6.05. The van der Waals surface area contributed by atoms with Crippen molar-refractivity contribution in [1.82, 2.24) is 14.5 Å². The van der Waals surface area contributed by atoms with Crippen molar-refractivity contribution >= 4 is 22.5 Å². The number of halogens is 1. The fourth-order valence-corrected chi connectivity index (χ4v) is 4.56. The fraction of sp³-hybridized carbons (Fsp3) is 0.417. The molecule has 0 N–H and O–H groups in total. The number of likely N-dealkylation sites (tertiary alicyclic amines) is 1. The maximum Gasteiger partial charge on any atom is 0.262 e. The van der Waals surface area contributed by atoms with E-state index in [4.69, 9.17) is 16.6 Å². The minimum atomic E-state index is 0.0553. The number of hydrogen-bond donors (Lipinski definition) is 0. The summed E-state index contributed by atoms with van der Waals surface area (Å²) in [4.78, 5) is 20.9. The average Bonchev–Trinajstić information content (AvgIpc) is 2.71. The predicted octanol–water partition coefficient (Wildman–Crippen LogP) is 5.15. The summed E-state index contributed by atoms with van der Waals surface area (Å²) in [7, 11) is 0. The topological polar surface area (TPSA) is 38.1 Å². The van der Waals surface area contributed by atoms with Gasteiger partial charge in [-0.3, -0.25) is 9.36 Å². The zero-order chi connectivity index (χ0) is 20.5. The molecule has 29 heavy (non-hydrogen) atoms. The van der Waals surface area contributed by atoms with Crippen molar-refractivity contribution in [3.63, 3.8) is 0 Å². The molecule has 0 unspecified atom stereocenters. The summed E-state index contributed by atoms with van der Waals surface area (Å²) in [6, 6.07) is 14.1. The highest BCUT2D eigenvalue weighted by Gasteiger charge is 2.23. The van der Waals surface area contributed by atoms with Gasteiger partial charge in [-0.25, -0.2) is 4.98 Å². The third kappa shape index (κ3) is 4.10. The number of piperidine rings is 1. The second-order valence-corrected chi connectivity index (χ2v) is 8.81. The Hall–Kier alpha value is -2.17. The second kappa shape index (κ2) is 8.29. The van der Waals surface area contributed by atoms with Crippen LogP contribution in [0.4, 0.5) is 0 Å². The monoisotopic (exact) mass is 409 g/mol. The molecular formula is C24H28ClN3O. The summed E-state index contributed by atoms with van der Waals surface area (Å²) < 4.78 is 1.89. The SMILES string of the molecule is Cc1nc2cccc(-c3ccc(Cl)cc3)c2c(=O)n1C[C@H]1CCCN(C(C)C)C1. The molecule has 0 spiro atoms. The lowest BCUT2D eigenvalue weighted by Crippen LogP contribution is -2.42. The number of aryl methyl sites for hydroxylation is 1. The molecule has 1 fully saturated rings. The standard InChI is InChI=1S/C24H28ClN3O/c1-16(2)27-13-5-6-18(14-27)15-28-17(3)26-22-8-4-7-21(23(22)24(28)29)19-9-11-20(25)12-10-19/h4,7-12,16,18H,5-6,13-15H2,1-3H3/t18-/m0/s1. The molecule has 0 radical (unpaired) electrons. The highest BCUT2D eigenvalue weighted by atomic mass is 35.5. The largest absolute Gasteiger partial charge is 0.301 e. The van der Waals surface area contributed by atoms with Crippen molar-refractivity contribution in [3.05, 3.63) is 63.7 Å². The van der Waals surface area contributed by atoms with E-state index < -0.39 is 0 Å². The maximum atomic E-state index is 13.6. The Labute approximate surface area is 177 Å². The van der Waals surface area contributed by atoms with Crippen molar-refractivity contribution in [1.29, 1.82) is 0 Å². The lowest BCUT2D eigenvalue weighted by molar-refractivity contribution is 0.129. The van der Waals surface area contributed by atoms with Gasteiger partial charge in [-0.1, -0.05) is 35.9 Å². The molecule has 1 atom stereocenters. The first-order valence-electron chi connectivity index (χ1n) is 10.4. The van der Waals surface area contributed by atoms with Gasteiger partial charge in [0.25, 0.3) is 5.56 Å². The fourth-order valence-electron chi connectivity index (χ4n) is 4.43. The van der Waals surface area contributed by atoms with Crippen LogP contribution in [0.5, 0.6) is 0 Å². The van der Waals surface area contributed by atoms with Crippen LogP contribution in [0.15, 0.2) is 47.3 Å². The van der Waals surface area contributed by atoms with E-state index in [-0.39, 0.29) is 5.56 Å². The van der Waals surface area contributed by atoms with Crippen molar-refractivity contribution in [2.45, 2.75) is 46.2 Å². The van der Waals surface area contributed by atoms with Crippen molar-refractivity contribution in [2.24, 2.45) is 5.92 Å². The third-order valence-corrected chi connectivity index (χ3v) is 6.30. The number of rotatable bonds is 4. The highest BCUT2D eigenvalue weighted by Crippen LogP contribution is 2.27. The van der Waals surface area contributed by atoms with E-state index in [1.807, 2.05) is 54.0 Å². The van der Waals surface area contributed by atoms with Crippen LogP contribution in [0.2, 0.25) is 5.02 Å². The molecule has 0 bridgehead atoms. The molecule has 3 aromatic rings. The van der Waals surface area contributed by atoms with E-state index in [1.165, 1.54) is 6.42 Å². The Morgan fingerprint density at radius 1 is 1.17 bits per heavy atom. The number of benzene rings is 2. The van der Waals surface area contributed by atoms with Crippen molar-refractivity contribution < 1.29 is 0 Å². The summed E-state index contributed by atoms with van der Waals surface area (Å²) in [5.41, 5.74) is 2.71. The predicted molar refractivity (Wildman–Crippen MR) is 121 cm³/mol. The first kappa shape index (κ1) is 20.1. The number of hydrogen-bond acceptors (Lipinski definition) is 3. The normalized spacial score (nSPS) is 17.9. The Bertz CT molecular complexity index is 1070. The van der Waals surface area contributed by atoms with Crippen LogP contribution in [0.3, 0.4) is 0 Å². The first-order valence-corrected chi connectivity index (χ1v) is 10.8. The second-order valence-electron chi connectivity index (χ2n) is 8.38. The summed E-state index contributed by atoms with van der Waals surface area (Å²) in [6.07, 6.45) is 2.35. The van der Waals surface area contributed by atoms with E-state index in [1.54, 1.807) is 0 Å². The van der Waals surface area contributed by atoms with Crippen LogP contribution in [0.1, 0.15) is 32.5 Å². The zero-order valence-corrected chi connectivity index (χ0v) is 18.1. The lowest BCUT2D eigenvalue weighted by atomic mass is 9.96. The zero-order valence-electron chi connectivity index (χ0n) is 17.4. The molecule has 0 aliphatic carbocycles. The maximum absolute atomic E-state index is 13.6. The van der Waals surface area contributed by atoms with Crippen LogP contribution < -0.4 is 5.56 Å². The number of nitrogens with zero attached hydrogens (tertiary/aromatic N) is 3. The minimum Gasteiger partial charge on any atom is -0.301 e. The molecule has 4 rings (SSSR count). The molecular weight excluding hydrogens is 382 g/mol. The van der Waals surface area contributed by atoms with Gasteiger partial charge >= 0.3 is 0 Å². The molecule has 152 valence electrons. The molecule has 1 aromatic heterocycles. The first-order chi connectivity index (χ1) is 13.9.